The van der Waals surface area contributed by atoms with Crippen LogP contribution in [0, 0.1) is 0 Å². The van der Waals surface area contributed by atoms with E-state index in [2.05, 4.69) is 0 Å². The fourth-order valence-corrected chi connectivity index (χ4v) is 3.37. The summed E-state index contributed by atoms with van der Waals surface area (Å²) in [5, 5.41) is 4.79. The third-order valence-electron chi connectivity index (χ3n) is 2.06. The molecule has 0 heterocycles. The smallest absolute Gasteiger partial charge is 0.209 e. The molecule has 17 heavy (non-hydrogen) atoms. The summed E-state index contributed by atoms with van der Waals surface area (Å²) in [5.74, 6) is -0.624. The van der Waals surface area contributed by atoms with Crippen molar-refractivity contribution in [2.24, 2.45) is 5.14 Å². The molecule has 0 aromatic heterocycles. The topological polar surface area (TPSA) is 120 Å². The Bertz CT molecular complexity index is 593. The van der Waals surface area contributed by atoms with Crippen LogP contribution in [-0.2, 0) is 19.9 Å². The zero-order chi connectivity index (χ0) is 13.1. The second-order valence-electron chi connectivity index (χ2n) is 3.61. The van der Waals surface area contributed by atoms with Gasteiger partial charge < -0.3 is 5.73 Å². The van der Waals surface area contributed by atoms with Crippen LogP contribution in [0.3, 0.4) is 0 Å². The molecule has 0 saturated heterocycles. The summed E-state index contributed by atoms with van der Waals surface area (Å²) in [5.41, 5.74) is 5.82. The maximum atomic E-state index is 11.8. The number of hydrogen-bond donors (Lipinski definition) is 2. The Labute approximate surface area is 101 Å². The van der Waals surface area contributed by atoms with Crippen molar-refractivity contribution in [2.75, 3.05) is 17.2 Å². The first-order valence-corrected chi connectivity index (χ1v) is 8.16. The lowest BCUT2D eigenvalue weighted by Crippen LogP contribution is -2.19. The Kier molecular flexibility index (Phi) is 4.12. The molecule has 0 unspecified atom stereocenters. The first-order valence-electron chi connectivity index (χ1n) is 4.79. The Morgan fingerprint density at radius 3 is 2.24 bits per heavy atom. The molecule has 1 aromatic carbocycles. The van der Waals surface area contributed by atoms with Crippen molar-refractivity contribution in [1.82, 2.24) is 0 Å². The highest BCUT2D eigenvalue weighted by Gasteiger charge is 2.15. The van der Waals surface area contributed by atoms with Crippen molar-refractivity contribution in [1.29, 1.82) is 0 Å². The van der Waals surface area contributed by atoms with E-state index in [1.54, 1.807) is 6.07 Å². The summed E-state index contributed by atoms with van der Waals surface area (Å²) < 4.78 is 44.9. The zero-order valence-electron chi connectivity index (χ0n) is 9.03. The van der Waals surface area contributed by atoms with Crippen LogP contribution in [-0.4, -0.2) is 28.3 Å². The van der Waals surface area contributed by atoms with Gasteiger partial charge in [-0.15, -0.1) is 0 Å². The summed E-state index contributed by atoms with van der Waals surface area (Å²) in [7, 11) is -7.13. The minimum atomic E-state index is -3.63. The van der Waals surface area contributed by atoms with E-state index < -0.39 is 19.9 Å². The molecule has 0 amide bonds. The van der Waals surface area contributed by atoms with Crippen molar-refractivity contribution < 1.29 is 16.8 Å². The van der Waals surface area contributed by atoms with Crippen LogP contribution in [0.2, 0.25) is 0 Å². The summed E-state index contributed by atoms with van der Waals surface area (Å²) in [6, 6.07) is 5.86. The van der Waals surface area contributed by atoms with Gasteiger partial charge in [0.05, 0.1) is 16.4 Å². The number of anilines is 1. The van der Waals surface area contributed by atoms with E-state index in [0.717, 1.165) is 0 Å². The number of benzene rings is 1. The van der Waals surface area contributed by atoms with Crippen LogP contribution >= 0.6 is 0 Å². The van der Waals surface area contributed by atoms with Crippen LogP contribution in [0.25, 0.3) is 0 Å². The van der Waals surface area contributed by atoms with Crippen LogP contribution in [0.1, 0.15) is 6.42 Å². The van der Waals surface area contributed by atoms with Crippen molar-refractivity contribution >= 4 is 25.5 Å². The van der Waals surface area contributed by atoms with Gasteiger partial charge in [0, 0.05) is 5.69 Å². The van der Waals surface area contributed by atoms with Gasteiger partial charge >= 0.3 is 0 Å². The van der Waals surface area contributed by atoms with Crippen LogP contribution in [0.5, 0.6) is 0 Å². The summed E-state index contributed by atoms with van der Waals surface area (Å²) in [6.45, 7) is 0. The molecular formula is C9H14N2O4S2. The zero-order valence-corrected chi connectivity index (χ0v) is 10.7. The predicted octanol–water partition coefficient (Wildman–Crippen LogP) is -0.279. The average molecular weight is 278 g/mol. The molecule has 0 saturated carbocycles. The van der Waals surface area contributed by atoms with Gasteiger partial charge in [-0.3, -0.25) is 0 Å². The normalized spacial score (nSPS) is 12.5. The average Bonchev–Trinajstić information content (AvgIpc) is 2.15. The minimum absolute atomic E-state index is 0.0318. The number of hydrogen-bond acceptors (Lipinski definition) is 5. The van der Waals surface area contributed by atoms with E-state index in [0.29, 0.717) is 5.69 Å². The van der Waals surface area contributed by atoms with Crippen LogP contribution < -0.4 is 10.9 Å². The maximum Gasteiger partial charge on any atom is 0.209 e. The van der Waals surface area contributed by atoms with Gasteiger partial charge in [0.1, 0.15) is 0 Å². The fraction of sp³-hybridized carbons (Fsp3) is 0.333. The highest BCUT2D eigenvalue weighted by molar-refractivity contribution is 7.91. The van der Waals surface area contributed by atoms with Gasteiger partial charge in [-0.1, -0.05) is 6.07 Å². The number of sulfonamides is 1. The van der Waals surface area contributed by atoms with Crippen molar-refractivity contribution in [3.8, 4) is 0 Å². The van der Waals surface area contributed by atoms with E-state index in [-0.39, 0.29) is 22.8 Å². The third-order valence-corrected chi connectivity index (χ3v) is 4.72. The SMILES string of the molecule is Nc1cccc(S(=O)(=O)CCCS(N)(=O)=O)c1. The first kappa shape index (κ1) is 13.9. The quantitative estimate of drug-likeness (QED) is 0.718. The Morgan fingerprint density at radius 1 is 1.06 bits per heavy atom. The van der Waals surface area contributed by atoms with Gasteiger partial charge in [0.2, 0.25) is 10.0 Å². The van der Waals surface area contributed by atoms with Gasteiger partial charge in [0.15, 0.2) is 9.84 Å². The number of nitrogens with two attached hydrogens (primary N) is 2. The summed E-state index contributed by atoms with van der Waals surface area (Å²) >= 11 is 0. The number of primary sulfonamides is 1. The van der Waals surface area contributed by atoms with Gasteiger partial charge in [0.25, 0.3) is 0 Å². The molecule has 96 valence electrons. The molecule has 1 rings (SSSR count). The Hall–Kier alpha value is -1.12. The molecular weight excluding hydrogens is 264 g/mol. The van der Waals surface area contributed by atoms with Gasteiger partial charge in [-0.05, 0) is 24.6 Å². The molecule has 0 radical (unpaired) electrons. The highest BCUT2D eigenvalue weighted by Crippen LogP contribution is 2.15. The minimum Gasteiger partial charge on any atom is -0.399 e. The number of rotatable bonds is 5. The molecule has 0 aliphatic heterocycles. The van der Waals surface area contributed by atoms with E-state index in [1.807, 2.05) is 0 Å². The second kappa shape index (κ2) is 5.03. The van der Waals surface area contributed by atoms with E-state index in [4.69, 9.17) is 10.9 Å². The van der Waals surface area contributed by atoms with E-state index >= 15 is 0 Å². The van der Waals surface area contributed by atoms with E-state index in [9.17, 15) is 16.8 Å². The van der Waals surface area contributed by atoms with Crippen LogP contribution in [0.4, 0.5) is 5.69 Å². The van der Waals surface area contributed by atoms with Crippen molar-refractivity contribution in [3.63, 3.8) is 0 Å². The number of sulfone groups is 1. The molecule has 0 bridgehead atoms. The predicted molar refractivity (Wildman–Crippen MR) is 65.5 cm³/mol. The summed E-state index contributed by atoms with van der Waals surface area (Å²) in [6.07, 6.45) is -0.0318. The molecule has 0 aliphatic rings. The van der Waals surface area contributed by atoms with E-state index in [1.165, 1.54) is 18.2 Å². The molecule has 8 heteroatoms. The molecule has 0 fully saturated rings. The van der Waals surface area contributed by atoms with Crippen molar-refractivity contribution in [2.45, 2.75) is 11.3 Å². The molecule has 0 aliphatic carbocycles. The first-order chi connectivity index (χ1) is 7.71. The fourth-order valence-electron chi connectivity index (χ4n) is 1.28. The molecule has 1 aromatic rings. The summed E-state index contributed by atoms with van der Waals surface area (Å²) in [4.78, 5) is 0.0897. The highest BCUT2D eigenvalue weighted by atomic mass is 32.2. The van der Waals surface area contributed by atoms with Crippen molar-refractivity contribution in [3.05, 3.63) is 24.3 Å². The molecule has 6 nitrogen and oxygen atoms in total. The molecule has 4 N–H and O–H groups in total. The largest absolute Gasteiger partial charge is 0.399 e. The third kappa shape index (κ3) is 4.72. The van der Waals surface area contributed by atoms with Gasteiger partial charge in [-0.25, -0.2) is 22.0 Å². The van der Waals surface area contributed by atoms with Gasteiger partial charge in [-0.2, -0.15) is 0 Å². The lowest BCUT2D eigenvalue weighted by molar-refractivity contribution is 0.591. The maximum absolute atomic E-state index is 11.8. The number of nitrogen functional groups attached to an aromatic ring is 1. The Balaban J connectivity index is 2.77. The molecule has 0 atom stereocenters. The Morgan fingerprint density at radius 2 is 1.71 bits per heavy atom. The standard InChI is InChI=1S/C9H14N2O4S2/c10-8-3-1-4-9(7-8)16(12,13)5-2-6-17(11,14)15/h1,3-4,7H,2,5-6,10H2,(H2,11,14,15). The lowest BCUT2D eigenvalue weighted by atomic mass is 10.3. The van der Waals surface area contributed by atoms with Crippen LogP contribution in [0.15, 0.2) is 29.2 Å². The lowest BCUT2D eigenvalue weighted by Gasteiger charge is -2.04. The molecule has 0 spiro atoms. The monoisotopic (exact) mass is 278 g/mol. The second-order valence-corrected chi connectivity index (χ2v) is 7.46.